The molecule has 4 nitrogen and oxygen atoms in total. The lowest BCUT2D eigenvalue weighted by molar-refractivity contribution is -0.0548. The highest BCUT2D eigenvalue weighted by molar-refractivity contribution is 7.57. The van der Waals surface area contributed by atoms with Crippen LogP contribution in [0.2, 0.25) is 0 Å². The van der Waals surface area contributed by atoms with Crippen LogP contribution in [0.5, 0.6) is 0 Å². The van der Waals surface area contributed by atoms with Gasteiger partial charge in [0.05, 0.1) is 17.9 Å². The van der Waals surface area contributed by atoms with Crippen molar-refractivity contribution < 1.29 is 14.2 Å². The summed E-state index contributed by atoms with van der Waals surface area (Å²) < 4.78 is 23.2. The lowest BCUT2D eigenvalue weighted by Crippen LogP contribution is -2.59. The van der Waals surface area contributed by atoms with Gasteiger partial charge in [-0.1, -0.05) is 57.5 Å². The third-order valence-corrected chi connectivity index (χ3v) is 10.1. The maximum atomic E-state index is 14.5. The number of rotatable bonds is 5. The Balaban J connectivity index is 2.00. The van der Waals surface area contributed by atoms with Crippen molar-refractivity contribution in [2.45, 2.75) is 84.2 Å². The minimum absolute atomic E-state index is 0.0124. The van der Waals surface area contributed by atoms with Crippen LogP contribution in [0.15, 0.2) is 30.3 Å². The molecule has 0 spiro atoms. The molecule has 1 aromatic rings. The van der Waals surface area contributed by atoms with E-state index in [1.54, 1.807) is 0 Å². The largest absolute Gasteiger partial charge is 0.388 e. The van der Waals surface area contributed by atoms with Crippen LogP contribution in [0.3, 0.4) is 0 Å². The Morgan fingerprint density at radius 2 is 1.86 bits per heavy atom. The van der Waals surface area contributed by atoms with Crippen molar-refractivity contribution >= 4 is 7.52 Å². The summed E-state index contributed by atoms with van der Waals surface area (Å²) in [6.07, 6.45) is 2.48. The van der Waals surface area contributed by atoms with Crippen molar-refractivity contribution in [2.75, 3.05) is 6.54 Å². The van der Waals surface area contributed by atoms with Gasteiger partial charge in [-0.15, -0.1) is 0 Å². The van der Waals surface area contributed by atoms with E-state index in [2.05, 4.69) is 39.3 Å². The number of nitrogens with zero attached hydrogens (tertiary/aromatic N) is 1. The summed E-state index contributed by atoms with van der Waals surface area (Å²) in [6.45, 7) is 13.7. The Morgan fingerprint density at radius 1 is 1.21 bits per heavy atom. The molecule has 2 aliphatic rings. The van der Waals surface area contributed by atoms with Crippen LogP contribution < -0.4 is 0 Å². The van der Waals surface area contributed by atoms with E-state index in [0.717, 1.165) is 24.9 Å². The Bertz CT molecular complexity index is 705. The summed E-state index contributed by atoms with van der Waals surface area (Å²) in [5.74, 6) is 1.35. The summed E-state index contributed by atoms with van der Waals surface area (Å²) in [4.78, 5) is 0. The summed E-state index contributed by atoms with van der Waals surface area (Å²) >= 11 is 0. The van der Waals surface area contributed by atoms with Gasteiger partial charge in [0.1, 0.15) is 0 Å². The van der Waals surface area contributed by atoms with Crippen molar-refractivity contribution in [2.24, 2.45) is 17.8 Å². The minimum Gasteiger partial charge on any atom is -0.388 e. The van der Waals surface area contributed by atoms with Crippen LogP contribution in [0, 0.1) is 17.8 Å². The molecule has 0 radical (unpaired) electrons. The van der Waals surface area contributed by atoms with Gasteiger partial charge in [-0.05, 0) is 51.0 Å². The quantitative estimate of drug-likeness (QED) is 0.620. The third kappa shape index (κ3) is 3.99. The maximum absolute atomic E-state index is 14.5. The fourth-order valence-corrected chi connectivity index (χ4v) is 8.49. The first-order valence-corrected chi connectivity index (χ1v) is 12.5. The Labute approximate surface area is 171 Å². The normalized spacial score (nSPS) is 35.4. The Morgan fingerprint density at radius 3 is 2.46 bits per heavy atom. The molecule has 0 unspecified atom stereocenters. The fourth-order valence-electron chi connectivity index (χ4n) is 5.17. The van der Waals surface area contributed by atoms with Crippen molar-refractivity contribution in [1.29, 1.82) is 0 Å². The maximum Gasteiger partial charge on any atom is 0.278 e. The van der Waals surface area contributed by atoms with E-state index in [9.17, 15) is 9.67 Å². The zero-order valence-corrected chi connectivity index (χ0v) is 19.2. The number of aliphatic hydroxyl groups excluding tert-OH is 1. The minimum atomic E-state index is -3.24. The number of hydrogen-bond acceptors (Lipinski definition) is 3. The van der Waals surface area contributed by atoms with Crippen LogP contribution in [-0.2, 0) is 9.09 Å². The highest BCUT2D eigenvalue weighted by atomic mass is 31.2. The molecule has 5 heteroatoms. The molecule has 1 aliphatic heterocycles. The molecule has 6 atom stereocenters. The predicted molar refractivity (Wildman–Crippen MR) is 115 cm³/mol. The average Bonchev–Trinajstić information content (AvgIpc) is 2.64. The summed E-state index contributed by atoms with van der Waals surface area (Å²) in [5, 5.41) is 11.1. The molecular weight excluding hydrogens is 369 g/mol. The molecule has 0 bridgehead atoms. The second-order valence-electron chi connectivity index (χ2n) is 9.96. The zero-order valence-electron chi connectivity index (χ0n) is 18.3. The van der Waals surface area contributed by atoms with Gasteiger partial charge in [0.2, 0.25) is 0 Å². The number of fused-ring (bicyclic) bond motifs is 1. The van der Waals surface area contributed by atoms with E-state index in [-0.39, 0.29) is 11.6 Å². The highest BCUT2D eigenvalue weighted by Gasteiger charge is 2.58. The van der Waals surface area contributed by atoms with Gasteiger partial charge in [0, 0.05) is 18.0 Å². The third-order valence-electron chi connectivity index (χ3n) is 6.90. The summed E-state index contributed by atoms with van der Waals surface area (Å²) in [5.41, 5.74) is 0.106. The molecule has 0 aromatic heterocycles. The van der Waals surface area contributed by atoms with E-state index < -0.39 is 19.3 Å². The van der Waals surface area contributed by atoms with Gasteiger partial charge in [0.25, 0.3) is 7.52 Å². The van der Waals surface area contributed by atoms with Gasteiger partial charge < -0.3 is 9.63 Å². The molecule has 1 heterocycles. The smallest absolute Gasteiger partial charge is 0.278 e. The number of benzene rings is 1. The molecule has 28 heavy (non-hydrogen) atoms. The van der Waals surface area contributed by atoms with Gasteiger partial charge in [0.15, 0.2) is 0 Å². The van der Waals surface area contributed by atoms with Gasteiger partial charge in [-0.3, -0.25) is 4.57 Å². The van der Waals surface area contributed by atoms with Crippen LogP contribution in [0.1, 0.15) is 72.5 Å². The Kier molecular flexibility index (Phi) is 6.47. The lowest BCUT2D eigenvalue weighted by Gasteiger charge is -2.58. The first-order valence-electron chi connectivity index (χ1n) is 10.9. The van der Waals surface area contributed by atoms with E-state index in [0.29, 0.717) is 17.8 Å². The van der Waals surface area contributed by atoms with Gasteiger partial charge in [-0.2, -0.15) is 0 Å². The van der Waals surface area contributed by atoms with Crippen LogP contribution in [-0.4, -0.2) is 33.6 Å². The highest BCUT2D eigenvalue weighted by Crippen LogP contribution is 2.68. The molecule has 1 saturated carbocycles. The molecule has 1 aliphatic carbocycles. The topological polar surface area (TPSA) is 49.8 Å². The van der Waals surface area contributed by atoms with Crippen LogP contribution in [0.25, 0.3) is 0 Å². The van der Waals surface area contributed by atoms with Gasteiger partial charge >= 0.3 is 0 Å². The molecule has 1 N–H and O–H groups in total. The van der Waals surface area contributed by atoms with Crippen molar-refractivity contribution in [1.82, 2.24) is 4.67 Å². The molecule has 0 amide bonds. The molecule has 1 saturated heterocycles. The second kappa shape index (κ2) is 8.22. The second-order valence-corrected chi connectivity index (χ2v) is 12.6. The van der Waals surface area contributed by atoms with E-state index in [4.69, 9.17) is 4.52 Å². The fraction of sp³-hybridized carbons (Fsp3) is 0.739. The lowest BCUT2D eigenvalue weighted by atomic mass is 9.71. The average molecular weight is 408 g/mol. The predicted octanol–water partition coefficient (Wildman–Crippen LogP) is 5.87. The first-order chi connectivity index (χ1) is 13.1. The van der Waals surface area contributed by atoms with Crippen LogP contribution in [0.4, 0.5) is 0 Å². The number of aliphatic hydroxyl groups is 1. The van der Waals surface area contributed by atoms with Crippen LogP contribution >= 0.6 is 7.52 Å². The molecule has 1 aromatic carbocycles. The zero-order chi connectivity index (χ0) is 20.7. The van der Waals surface area contributed by atoms with E-state index in [1.807, 2.05) is 37.3 Å². The number of hydrogen-bond donors (Lipinski definition) is 1. The Hall–Kier alpha value is -0.670. The summed E-state index contributed by atoms with van der Waals surface area (Å²) in [6, 6.07) is 9.57. The molecule has 2 fully saturated rings. The molecular formula is C23H38NO3P. The standard InChI is InChI=1S/C23H38NO3P/c1-16(2)15-24-23(5,6)20-13-12-17(3)14-21(20)27-28(24,26)18(4)22(25)19-10-8-7-9-11-19/h7-11,16-18,20-22,25H,12-15H2,1-6H3/t17-,18+,20-,21-,22-,28+/m1/s1. The molecule has 3 rings (SSSR count). The summed E-state index contributed by atoms with van der Waals surface area (Å²) in [7, 11) is -3.24. The SMILES string of the molecule is CC(C)CN1C(C)(C)[C@@H]2CC[C@@H](C)C[C@H]2O[P@@]1(=O)[C@@H](C)[C@@H](O)c1ccccc1. The van der Waals surface area contributed by atoms with Crippen molar-refractivity contribution in [3.8, 4) is 0 Å². The first kappa shape index (κ1) is 22.0. The van der Waals surface area contributed by atoms with Crippen molar-refractivity contribution in [3.05, 3.63) is 35.9 Å². The van der Waals surface area contributed by atoms with E-state index in [1.165, 1.54) is 6.42 Å². The van der Waals surface area contributed by atoms with Crippen molar-refractivity contribution in [3.63, 3.8) is 0 Å². The van der Waals surface area contributed by atoms with E-state index >= 15 is 0 Å². The molecule has 158 valence electrons. The monoisotopic (exact) mass is 407 g/mol. The van der Waals surface area contributed by atoms with Gasteiger partial charge in [-0.25, -0.2) is 4.67 Å².